The van der Waals surface area contributed by atoms with Crippen molar-refractivity contribution in [3.63, 3.8) is 0 Å². The number of carbonyl (C=O) groups excluding carboxylic acids is 1. The Morgan fingerprint density at radius 3 is 2.60 bits per heavy atom. The van der Waals surface area contributed by atoms with Gasteiger partial charge in [-0.15, -0.1) is 11.3 Å². The van der Waals surface area contributed by atoms with Gasteiger partial charge >= 0.3 is 5.97 Å². The molecule has 1 heterocycles. The maximum absolute atomic E-state index is 11.9. The highest BCUT2D eigenvalue weighted by molar-refractivity contribution is 7.13. The molecule has 1 atom stereocenters. The molecule has 0 spiro atoms. The molecule has 0 fully saturated rings. The quantitative estimate of drug-likeness (QED) is 0.487. The van der Waals surface area contributed by atoms with Gasteiger partial charge < -0.3 is 4.74 Å². The van der Waals surface area contributed by atoms with Crippen molar-refractivity contribution in [2.75, 3.05) is 0 Å². The molecule has 0 bridgehead atoms. The van der Waals surface area contributed by atoms with Crippen LogP contribution in [-0.2, 0) is 4.74 Å². The molecule has 5 nitrogen and oxygen atoms in total. The molecule has 1 unspecified atom stereocenters. The number of nitrogens with zero attached hydrogens (tertiary/aromatic N) is 1. The fourth-order valence-electron chi connectivity index (χ4n) is 1.82. The Labute approximate surface area is 120 Å². The third-order valence-corrected chi connectivity index (χ3v) is 3.78. The third-order valence-electron chi connectivity index (χ3n) is 2.80. The molecule has 6 heteroatoms. The summed E-state index contributed by atoms with van der Waals surface area (Å²) in [6.45, 7) is 3.52. The first-order chi connectivity index (χ1) is 9.49. The molecule has 2 rings (SSSR count). The zero-order chi connectivity index (χ0) is 14.7. The van der Waals surface area contributed by atoms with Gasteiger partial charge in [-0.05, 0) is 32.0 Å². The van der Waals surface area contributed by atoms with Crippen LogP contribution in [0.15, 0.2) is 36.4 Å². The predicted octanol–water partition coefficient (Wildman–Crippen LogP) is 3.88. The minimum absolute atomic E-state index is 0.0461. The number of benzene rings is 1. The Hall–Kier alpha value is -2.21. The van der Waals surface area contributed by atoms with E-state index in [-0.39, 0.29) is 5.69 Å². The van der Waals surface area contributed by atoms with Crippen molar-refractivity contribution in [2.45, 2.75) is 20.0 Å². The highest BCUT2D eigenvalue weighted by Gasteiger charge is 2.22. The summed E-state index contributed by atoms with van der Waals surface area (Å²) >= 11 is 1.34. The second-order valence-electron chi connectivity index (χ2n) is 4.27. The number of thiophene rings is 1. The van der Waals surface area contributed by atoms with Crippen molar-refractivity contribution in [1.82, 2.24) is 0 Å². The fraction of sp³-hybridized carbons (Fsp3) is 0.214. The van der Waals surface area contributed by atoms with Crippen LogP contribution in [0.3, 0.4) is 0 Å². The van der Waals surface area contributed by atoms with E-state index in [4.69, 9.17) is 4.74 Å². The van der Waals surface area contributed by atoms with Crippen LogP contribution < -0.4 is 0 Å². The second kappa shape index (κ2) is 5.83. The first-order valence-corrected chi connectivity index (χ1v) is 6.81. The van der Waals surface area contributed by atoms with Crippen LogP contribution in [0.25, 0.3) is 0 Å². The van der Waals surface area contributed by atoms with Crippen molar-refractivity contribution in [3.05, 3.63) is 61.8 Å². The summed E-state index contributed by atoms with van der Waals surface area (Å²) in [6.07, 6.45) is -0.675. The van der Waals surface area contributed by atoms with Gasteiger partial charge in [-0.3, -0.25) is 10.1 Å². The normalized spacial score (nSPS) is 11.9. The maximum Gasteiger partial charge on any atom is 0.348 e. The number of nitro groups is 1. The van der Waals surface area contributed by atoms with Crippen molar-refractivity contribution in [1.29, 1.82) is 0 Å². The number of para-hydroxylation sites is 1. The van der Waals surface area contributed by atoms with Crippen molar-refractivity contribution < 1.29 is 14.5 Å². The number of rotatable bonds is 4. The first kappa shape index (κ1) is 14.2. The number of hydrogen-bond donors (Lipinski definition) is 0. The number of nitro benzene ring substituents is 1. The van der Waals surface area contributed by atoms with E-state index in [1.165, 1.54) is 17.4 Å². The minimum Gasteiger partial charge on any atom is -0.453 e. The van der Waals surface area contributed by atoms with Gasteiger partial charge in [-0.2, -0.15) is 0 Å². The molecule has 0 aliphatic carbocycles. The zero-order valence-electron chi connectivity index (χ0n) is 11.0. The summed E-state index contributed by atoms with van der Waals surface area (Å²) in [4.78, 5) is 23.9. The average molecular weight is 291 g/mol. The van der Waals surface area contributed by atoms with Gasteiger partial charge in [0.1, 0.15) is 11.0 Å². The summed E-state index contributed by atoms with van der Waals surface area (Å²) in [5.41, 5.74) is 0.342. The van der Waals surface area contributed by atoms with Gasteiger partial charge in [0.2, 0.25) is 0 Å². The highest BCUT2D eigenvalue weighted by Crippen LogP contribution is 2.28. The number of esters is 1. The molecule has 0 aliphatic rings. The van der Waals surface area contributed by atoms with Crippen LogP contribution in [0.1, 0.15) is 33.1 Å². The standard InChI is InChI=1S/C14H13NO4S/c1-9-7-8-13(20-9)14(16)19-10(2)11-5-3-4-6-12(11)15(17)18/h3-8,10H,1-2H3. The van der Waals surface area contributed by atoms with Gasteiger partial charge in [0.05, 0.1) is 10.5 Å². The topological polar surface area (TPSA) is 69.4 Å². The smallest absolute Gasteiger partial charge is 0.348 e. The lowest BCUT2D eigenvalue weighted by Gasteiger charge is -2.13. The lowest BCUT2D eigenvalue weighted by Crippen LogP contribution is -2.09. The lowest BCUT2D eigenvalue weighted by atomic mass is 10.1. The number of aryl methyl sites for hydroxylation is 1. The van der Waals surface area contributed by atoms with E-state index in [1.807, 2.05) is 13.0 Å². The zero-order valence-corrected chi connectivity index (χ0v) is 11.8. The summed E-state index contributed by atoms with van der Waals surface area (Å²) < 4.78 is 5.29. The largest absolute Gasteiger partial charge is 0.453 e. The Morgan fingerprint density at radius 2 is 2.00 bits per heavy atom. The molecule has 0 saturated carbocycles. The number of carbonyl (C=O) groups is 1. The molecule has 104 valence electrons. The van der Waals surface area contributed by atoms with Crippen molar-refractivity contribution in [2.24, 2.45) is 0 Å². The van der Waals surface area contributed by atoms with E-state index >= 15 is 0 Å². The third kappa shape index (κ3) is 3.03. The summed E-state index contributed by atoms with van der Waals surface area (Å²) in [6, 6.07) is 9.77. The minimum atomic E-state index is -0.675. The fourth-order valence-corrected chi connectivity index (χ4v) is 2.57. The van der Waals surface area contributed by atoms with Crippen molar-refractivity contribution >= 4 is 23.0 Å². The molecule has 0 radical (unpaired) electrons. The maximum atomic E-state index is 11.9. The molecule has 20 heavy (non-hydrogen) atoms. The second-order valence-corrected chi connectivity index (χ2v) is 5.56. The lowest BCUT2D eigenvalue weighted by molar-refractivity contribution is -0.386. The monoisotopic (exact) mass is 291 g/mol. The van der Waals surface area contributed by atoms with Crippen LogP contribution in [0, 0.1) is 17.0 Å². The van der Waals surface area contributed by atoms with Crippen LogP contribution >= 0.6 is 11.3 Å². The van der Waals surface area contributed by atoms with Crippen LogP contribution in [0.2, 0.25) is 0 Å². The molecule has 0 aliphatic heterocycles. The molecule has 0 amide bonds. The van der Waals surface area contributed by atoms with Gasteiger partial charge in [0.25, 0.3) is 5.69 Å². The predicted molar refractivity (Wildman–Crippen MR) is 76.0 cm³/mol. The van der Waals surface area contributed by atoms with E-state index < -0.39 is 17.0 Å². The van der Waals surface area contributed by atoms with Gasteiger partial charge in [-0.1, -0.05) is 12.1 Å². The number of ether oxygens (including phenoxy) is 1. The molecule has 2 aromatic rings. The Bertz CT molecular complexity index is 650. The molecular weight excluding hydrogens is 278 g/mol. The SMILES string of the molecule is Cc1ccc(C(=O)OC(C)c2ccccc2[N+](=O)[O-])s1. The van der Waals surface area contributed by atoms with E-state index in [2.05, 4.69) is 0 Å². The summed E-state index contributed by atoms with van der Waals surface area (Å²) in [5.74, 6) is -0.464. The van der Waals surface area contributed by atoms with Gasteiger partial charge in [0, 0.05) is 10.9 Å². The van der Waals surface area contributed by atoms with Gasteiger partial charge in [0.15, 0.2) is 0 Å². The Morgan fingerprint density at radius 1 is 1.30 bits per heavy atom. The first-order valence-electron chi connectivity index (χ1n) is 6.00. The highest BCUT2D eigenvalue weighted by atomic mass is 32.1. The van der Waals surface area contributed by atoms with Crippen LogP contribution in [0.5, 0.6) is 0 Å². The molecule has 1 aromatic carbocycles. The summed E-state index contributed by atoms with van der Waals surface area (Å²) in [5, 5.41) is 11.0. The average Bonchev–Trinajstić information content (AvgIpc) is 2.85. The van der Waals surface area contributed by atoms with E-state index in [1.54, 1.807) is 31.2 Å². The van der Waals surface area contributed by atoms with E-state index in [0.717, 1.165) is 4.88 Å². The number of hydrogen-bond acceptors (Lipinski definition) is 5. The molecule has 0 saturated heterocycles. The summed E-state index contributed by atoms with van der Waals surface area (Å²) in [7, 11) is 0. The molecular formula is C14H13NO4S. The Kier molecular flexibility index (Phi) is 4.14. The van der Waals surface area contributed by atoms with Gasteiger partial charge in [-0.25, -0.2) is 4.79 Å². The van der Waals surface area contributed by atoms with Crippen LogP contribution in [0.4, 0.5) is 5.69 Å². The van der Waals surface area contributed by atoms with Crippen LogP contribution in [-0.4, -0.2) is 10.9 Å². The van der Waals surface area contributed by atoms with E-state index in [0.29, 0.717) is 10.4 Å². The van der Waals surface area contributed by atoms with Crippen molar-refractivity contribution in [3.8, 4) is 0 Å². The molecule has 1 aromatic heterocycles. The molecule has 0 N–H and O–H groups in total. The van der Waals surface area contributed by atoms with E-state index in [9.17, 15) is 14.9 Å². The Balaban J connectivity index is 2.18.